The van der Waals surface area contributed by atoms with Crippen molar-refractivity contribution in [3.05, 3.63) is 24.2 Å². The second kappa shape index (κ2) is 4.16. The molecule has 1 N–H and O–H groups in total. The molecule has 66 valence electrons. The molecule has 1 unspecified atom stereocenters. The Labute approximate surface area is 75.6 Å². The van der Waals surface area contributed by atoms with E-state index in [-0.39, 0.29) is 11.1 Å². The lowest BCUT2D eigenvalue weighted by molar-refractivity contribution is 0.317. The second-order valence-corrected chi connectivity index (χ2v) is 2.79. The Morgan fingerprint density at radius 1 is 1.83 bits per heavy atom. The third kappa shape index (κ3) is 1.80. The first-order valence-corrected chi connectivity index (χ1v) is 4.08. The number of furan rings is 1. The molecule has 0 aliphatic carbocycles. The highest BCUT2D eigenvalue weighted by Crippen LogP contribution is 2.23. The van der Waals surface area contributed by atoms with Crippen molar-refractivity contribution in [1.82, 2.24) is 0 Å². The van der Waals surface area contributed by atoms with Gasteiger partial charge in [0.05, 0.1) is 12.2 Å². The Balaban J connectivity index is 2.84. The fraction of sp³-hybridized carbons (Fsp3) is 0.375. The van der Waals surface area contributed by atoms with Gasteiger partial charge in [-0.05, 0) is 18.6 Å². The minimum absolute atomic E-state index is 0.133. The average Bonchev–Trinajstić information content (AvgIpc) is 2.58. The summed E-state index contributed by atoms with van der Waals surface area (Å²) in [5.74, 6) is 0.590. The van der Waals surface area contributed by atoms with Crippen molar-refractivity contribution in [2.75, 3.05) is 0 Å². The third-order valence-corrected chi connectivity index (χ3v) is 2.02. The van der Waals surface area contributed by atoms with Crippen LogP contribution in [0.2, 0.25) is 0 Å². The maximum atomic E-state index is 8.45. The van der Waals surface area contributed by atoms with Gasteiger partial charge in [-0.25, -0.2) is 0 Å². The predicted molar refractivity (Wildman–Crippen MR) is 46.8 cm³/mol. The highest BCUT2D eigenvalue weighted by molar-refractivity contribution is 6.66. The van der Waals surface area contributed by atoms with E-state index < -0.39 is 0 Å². The van der Waals surface area contributed by atoms with Gasteiger partial charge in [0.2, 0.25) is 0 Å². The van der Waals surface area contributed by atoms with Crippen molar-refractivity contribution in [2.24, 2.45) is 5.16 Å². The van der Waals surface area contributed by atoms with Gasteiger partial charge in [-0.1, -0.05) is 23.7 Å². The second-order valence-electron chi connectivity index (χ2n) is 2.40. The summed E-state index contributed by atoms with van der Waals surface area (Å²) in [5, 5.41) is 11.5. The largest absolute Gasteiger partial charge is 0.469 e. The molecule has 1 aromatic heterocycles. The summed E-state index contributed by atoms with van der Waals surface area (Å²) in [6.07, 6.45) is 2.32. The summed E-state index contributed by atoms with van der Waals surface area (Å²) in [7, 11) is 0. The monoisotopic (exact) mass is 187 g/mol. The zero-order valence-corrected chi connectivity index (χ0v) is 7.45. The number of halogens is 1. The smallest absolute Gasteiger partial charge is 0.155 e. The van der Waals surface area contributed by atoms with E-state index in [2.05, 4.69) is 5.16 Å². The molecule has 12 heavy (non-hydrogen) atoms. The summed E-state index contributed by atoms with van der Waals surface area (Å²) in [6.45, 7) is 1.95. The molecule has 1 atom stereocenters. The lowest BCUT2D eigenvalue weighted by Crippen LogP contribution is -2.04. The van der Waals surface area contributed by atoms with Crippen molar-refractivity contribution < 1.29 is 9.62 Å². The fourth-order valence-electron chi connectivity index (χ4n) is 1.05. The van der Waals surface area contributed by atoms with Crippen LogP contribution in [0.15, 0.2) is 28.0 Å². The van der Waals surface area contributed by atoms with Gasteiger partial charge in [0.1, 0.15) is 5.76 Å². The molecule has 0 fully saturated rings. The molecule has 0 spiro atoms. The summed E-state index contributed by atoms with van der Waals surface area (Å²) in [5.41, 5.74) is 0. The minimum Gasteiger partial charge on any atom is -0.469 e. The van der Waals surface area contributed by atoms with Crippen LogP contribution in [0.4, 0.5) is 0 Å². The van der Waals surface area contributed by atoms with Crippen LogP contribution in [0.25, 0.3) is 0 Å². The summed E-state index contributed by atoms with van der Waals surface area (Å²) in [4.78, 5) is 0. The Morgan fingerprint density at radius 2 is 2.58 bits per heavy atom. The van der Waals surface area contributed by atoms with Gasteiger partial charge in [0.25, 0.3) is 0 Å². The minimum atomic E-state index is -0.133. The molecule has 1 rings (SSSR count). The van der Waals surface area contributed by atoms with Crippen molar-refractivity contribution in [3.63, 3.8) is 0 Å². The molecule has 0 saturated carbocycles. The van der Waals surface area contributed by atoms with Crippen molar-refractivity contribution in [2.45, 2.75) is 19.3 Å². The van der Waals surface area contributed by atoms with Gasteiger partial charge >= 0.3 is 0 Å². The zero-order chi connectivity index (χ0) is 8.97. The van der Waals surface area contributed by atoms with Gasteiger partial charge in [0.15, 0.2) is 5.17 Å². The molecular weight excluding hydrogens is 178 g/mol. The van der Waals surface area contributed by atoms with E-state index in [1.807, 2.05) is 13.0 Å². The van der Waals surface area contributed by atoms with E-state index in [4.69, 9.17) is 21.2 Å². The van der Waals surface area contributed by atoms with Crippen LogP contribution in [0, 0.1) is 0 Å². The maximum Gasteiger partial charge on any atom is 0.155 e. The van der Waals surface area contributed by atoms with Gasteiger partial charge < -0.3 is 9.62 Å². The number of nitrogens with zero attached hydrogens (tertiary/aromatic N) is 1. The van der Waals surface area contributed by atoms with Crippen molar-refractivity contribution in [3.8, 4) is 0 Å². The summed E-state index contributed by atoms with van der Waals surface area (Å²) < 4.78 is 5.13. The molecule has 3 nitrogen and oxygen atoms in total. The van der Waals surface area contributed by atoms with Crippen LogP contribution < -0.4 is 0 Å². The van der Waals surface area contributed by atoms with E-state index in [0.29, 0.717) is 0 Å². The van der Waals surface area contributed by atoms with E-state index in [0.717, 1.165) is 12.2 Å². The normalized spacial score (nSPS) is 14.7. The standard InChI is InChI=1S/C8H10ClNO2/c1-2-6(8(9)10-11)7-4-3-5-12-7/h3-6,11H,2H2,1H3/b10-8-. The number of rotatable bonds is 3. The molecule has 1 heterocycles. The fourth-order valence-corrected chi connectivity index (χ4v) is 1.31. The molecule has 0 radical (unpaired) electrons. The highest BCUT2D eigenvalue weighted by Gasteiger charge is 2.17. The molecule has 0 aliphatic rings. The van der Waals surface area contributed by atoms with Crippen LogP contribution in [-0.2, 0) is 0 Å². The van der Waals surface area contributed by atoms with Crippen LogP contribution in [-0.4, -0.2) is 10.4 Å². The molecule has 0 aromatic carbocycles. The number of oxime groups is 1. The molecule has 4 heteroatoms. The van der Waals surface area contributed by atoms with Gasteiger partial charge in [0, 0.05) is 0 Å². The summed E-state index contributed by atoms with van der Waals surface area (Å²) >= 11 is 5.66. The van der Waals surface area contributed by atoms with E-state index in [1.54, 1.807) is 12.3 Å². The predicted octanol–water partition coefficient (Wildman–Crippen LogP) is 2.80. The molecule has 0 amide bonds. The van der Waals surface area contributed by atoms with Gasteiger partial charge in [-0.15, -0.1) is 0 Å². The van der Waals surface area contributed by atoms with Gasteiger partial charge in [-0.2, -0.15) is 0 Å². The van der Waals surface area contributed by atoms with Crippen LogP contribution in [0.3, 0.4) is 0 Å². The highest BCUT2D eigenvalue weighted by atomic mass is 35.5. The SMILES string of the molecule is CCC(/C(Cl)=N/O)c1ccco1. The molecular formula is C8H10ClNO2. The van der Waals surface area contributed by atoms with Crippen LogP contribution >= 0.6 is 11.6 Å². The van der Waals surface area contributed by atoms with E-state index in [1.165, 1.54) is 0 Å². The lowest BCUT2D eigenvalue weighted by atomic mass is 10.1. The van der Waals surface area contributed by atoms with Gasteiger partial charge in [-0.3, -0.25) is 0 Å². The average molecular weight is 188 g/mol. The molecule has 1 aromatic rings. The zero-order valence-electron chi connectivity index (χ0n) is 6.70. The first kappa shape index (κ1) is 9.13. The molecule has 0 saturated heterocycles. The first-order valence-electron chi connectivity index (χ1n) is 3.70. The molecule has 0 bridgehead atoms. The van der Waals surface area contributed by atoms with Crippen LogP contribution in [0.5, 0.6) is 0 Å². The summed E-state index contributed by atoms with van der Waals surface area (Å²) in [6, 6.07) is 3.58. The Kier molecular flexibility index (Phi) is 3.17. The maximum absolute atomic E-state index is 8.45. The first-order chi connectivity index (χ1) is 5.79. The quantitative estimate of drug-likeness (QED) is 0.449. The van der Waals surface area contributed by atoms with Crippen LogP contribution in [0.1, 0.15) is 25.0 Å². The Morgan fingerprint density at radius 3 is 3.00 bits per heavy atom. The van der Waals surface area contributed by atoms with Crippen molar-refractivity contribution in [1.29, 1.82) is 0 Å². The van der Waals surface area contributed by atoms with Crippen molar-refractivity contribution >= 4 is 16.8 Å². The Bertz CT molecular complexity index is 256. The lowest BCUT2D eigenvalue weighted by Gasteiger charge is -2.07. The number of hydrogen-bond donors (Lipinski definition) is 1. The van der Waals surface area contributed by atoms with E-state index in [9.17, 15) is 0 Å². The van der Waals surface area contributed by atoms with E-state index >= 15 is 0 Å². The third-order valence-electron chi connectivity index (χ3n) is 1.68. The Hall–Kier alpha value is -0.960. The molecule has 0 aliphatic heterocycles. The topological polar surface area (TPSA) is 45.7 Å². The number of hydrogen-bond acceptors (Lipinski definition) is 3.